The summed E-state index contributed by atoms with van der Waals surface area (Å²) < 4.78 is 4.70. The van der Waals surface area contributed by atoms with Gasteiger partial charge in [0.15, 0.2) is 0 Å². The molecule has 0 saturated carbocycles. The smallest absolute Gasteiger partial charge is 0.330 e. The lowest BCUT2D eigenvalue weighted by Crippen LogP contribution is -1.98. The van der Waals surface area contributed by atoms with Gasteiger partial charge in [-0.1, -0.05) is 29.9 Å². The zero-order valence-corrected chi connectivity index (χ0v) is 8.41. The van der Waals surface area contributed by atoms with Crippen LogP contribution in [0.4, 0.5) is 0 Å². The summed E-state index contributed by atoms with van der Waals surface area (Å²) in [6.07, 6.45) is 8.81. The van der Waals surface area contributed by atoms with Crippen LogP contribution in [0.15, 0.2) is 36.0 Å². The highest BCUT2D eigenvalue weighted by Crippen LogP contribution is 1.93. The van der Waals surface area contributed by atoms with Crippen molar-refractivity contribution < 1.29 is 9.53 Å². The van der Waals surface area contributed by atoms with Crippen molar-refractivity contribution in [2.24, 2.45) is 0 Å². The molecule has 13 heavy (non-hydrogen) atoms. The Kier molecular flexibility index (Phi) is 6.60. The van der Waals surface area contributed by atoms with Crippen LogP contribution in [0.5, 0.6) is 0 Å². The van der Waals surface area contributed by atoms with Crippen molar-refractivity contribution in [3.8, 4) is 0 Å². The molecule has 0 aliphatic rings. The zero-order valence-electron chi connectivity index (χ0n) is 8.41. The van der Waals surface area contributed by atoms with E-state index in [-0.39, 0.29) is 5.97 Å². The number of ether oxygens (including phenoxy) is 1. The molecule has 0 rings (SSSR count). The molecule has 0 aliphatic carbocycles. The van der Waals surface area contributed by atoms with Crippen LogP contribution in [0.25, 0.3) is 0 Å². The van der Waals surface area contributed by atoms with Gasteiger partial charge in [0, 0.05) is 6.08 Å². The van der Waals surface area contributed by atoms with E-state index in [4.69, 9.17) is 4.74 Å². The average molecular weight is 180 g/mol. The fourth-order valence-electron chi connectivity index (χ4n) is 0.628. The largest absolute Gasteiger partial charge is 0.463 e. The predicted octanol–water partition coefficient (Wildman–Crippen LogP) is 2.63. The van der Waals surface area contributed by atoms with Crippen molar-refractivity contribution >= 4 is 5.97 Å². The van der Waals surface area contributed by atoms with E-state index >= 15 is 0 Å². The first-order chi connectivity index (χ1) is 6.20. The van der Waals surface area contributed by atoms with Crippen molar-refractivity contribution in [1.29, 1.82) is 0 Å². The SMILES string of the molecule is C/C=C(C)/C=C/C=C/C(=O)OCC. The van der Waals surface area contributed by atoms with Crippen LogP contribution in [-0.2, 0) is 9.53 Å². The second-order valence-corrected chi connectivity index (χ2v) is 2.50. The van der Waals surface area contributed by atoms with Crippen molar-refractivity contribution in [3.05, 3.63) is 36.0 Å². The van der Waals surface area contributed by atoms with E-state index in [2.05, 4.69) is 0 Å². The molecule has 72 valence electrons. The first-order valence-electron chi connectivity index (χ1n) is 4.35. The maximum atomic E-state index is 10.8. The van der Waals surface area contributed by atoms with Gasteiger partial charge in [0.05, 0.1) is 6.61 Å². The third-order valence-electron chi connectivity index (χ3n) is 1.44. The molecule has 0 aromatic rings. The van der Waals surface area contributed by atoms with Crippen molar-refractivity contribution in [2.75, 3.05) is 6.61 Å². The van der Waals surface area contributed by atoms with Crippen LogP contribution in [0, 0.1) is 0 Å². The van der Waals surface area contributed by atoms with E-state index in [0.717, 1.165) is 5.57 Å². The lowest BCUT2D eigenvalue weighted by Gasteiger charge is -1.92. The Morgan fingerprint density at radius 1 is 1.31 bits per heavy atom. The fraction of sp³-hybridized carbons (Fsp3) is 0.364. The molecule has 0 aromatic carbocycles. The third kappa shape index (κ3) is 7.06. The van der Waals surface area contributed by atoms with Gasteiger partial charge in [0.2, 0.25) is 0 Å². The Balaban J connectivity index is 3.87. The molecular weight excluding hydrogens is 164 g/mol. The normalized spacial score (nSPS) is 12.7. The number of carbonyl (C=O) groups excluding carboxylic acids is 1. The molecule has 0 fully saturated rings. The number of hydrogen-bond acceptors (Lipinski definition) is 2. The summed E-state index contributed by atoms with van der Waals surface area (Å²) in [7, 11) is 0. The van der Waals surface area contributed by atoms with Gasteiger partial charge in [-0.25, -0.2) is 4.79 Å². The lowest BCUT2D eigenvalue weighted by molar-refractivity contribution is -0.137. The molecule has 0 aromatic heterocycles. The highest BCUT2D eigenvalue weighted by molar-refractivity contribution is 5.82. The van der Waals surface area contributed by atoms with Gasteiger partial charge < -0.3 is 4.74 Å². The Morgan fingerprint density at radius 2 is 1.92 bits per heavy atom. The van der Waals surface area contributed by atoms with Gasteiger partial charge in [-0.2, -0.15) is 0 Å². The summed E-state index contributed by atoms with van der Waals surface area (Å²) >= 11 is 0. The zero-order chi connectivity index (χ0) is 10.1. The van der Waals surface area contributed by atoms with E-state index < -0.39 is 0 Å². The van der Waals surface area contributed by atoms with Crippen LogP contribution >= 0.6 is 0 Å². The van der Waals surface area contributed by atoms with Crippen molar-refractivity contribution in [3.63, 3.8) is 0 Å². The number of carbonyl (C=O) groups is 1. The summed E-state index contributed by atoms with van der Waals surface area (Å²) in [6, 6.07) is 0. The Bertz CT molecular complexity index is 234. The molecule has 0 saturated heterocycles. The molecule has 0 bridgehead atoms. The van der Waals surface area contributed by atoms with E-state index in [1.807, 2.05) is 32.1 Å². The van der Waals surface area contributed by atoms with Gasteiger partial charge in [-0.05, 0) is 20.8 Å². The minimum absolute atomic E-state index is 0.301. The molecule has 0 aliphatic heterocycles. The van der Waals surface area contributed by atoms with E-state index in [0.29, 0.717) is 6.61 Å². The second kappa shape index (κ2) is 7.35. The molecule has 0 N–H and O–H groups in total. The van der Waals surface area contributed by atoms with E-state index in [1.165, 1.54) is 6.08 Å². The molecule has 0 unspecified atom stereocenters. The summed E-state index contributed by atoms with van der Waals surface area (Å²) in [4.78, 5) is 10.8. The molecule has 0 radical (unpaired) electrons. The fourth-order valence-corrected chi connectivity index (χ4v) is 0.628. The van der Waals surface area contributed by atoms with Gasteiger partial charge in [0.25, 0.3) is 0 Å². The maximum absolute atomic E-state index is 10.8. The van der Waals surface area contributed by atoms with Crippen LogP contribution in [0.1, 0.15) is 20.8 Å². The summed E-state index contributed by atoms with van der Waals surface area (Å²) in [5.41, 5.74) is 1.16. The van der Waals surface area contributed by atoms with Crippen molar-refractivity contribution in [2.45, 2.75) is 20.8 Å². The van der Waals surface area contributed by atoms with Gasteiger partial charge in [0.1, 0.15) is 0 Å². The van der Waals surface area contributed by atoms with Crippen LogP contribution < -0.4 is 0 Å². The number of hydrogen-bond donors (Lipinski definition) is 0. The molecule has 2 nitrogen and oxygen atoms in total. The standard InChI is InChI=1S/C11H16O2/c1-4-10(3)8-6-7-9-11(12)13-5-2/h4,6-9H,5H2,1-3H3/b8-6+,9-7+,10-4+. The minimum atomic E-state index is -0.301. The highest BCUT2D eigenvalue weighted by Gasteiger charge is 1.89. The maximum Gasteiger partial charge on any atom is 0.330 e. The van der Waals surface area contributed by atoms with Gasteiger partial charge >= 0.3 is 5.97 Å². The molecule has 0 heterocycles. The monoisotopic (exact) mass is 180 g/mol. The number of esters is 1. The summed E-state index contributed by atoms with van der Waals surface area (Å²) in [6.45, 7) is 6.16. The quantitative estimate of drug-likeness (QED) is 0.377. The summed E-state index contributed by atoms with van der Waals surface area (Å²) in [5.74, 6) is -0.301. The number of allylic oxidation sites excluding steroid dienone is 5. The Hall–Kier alpha value is -1.31. The second-order valence-electron chi connectivity index (χ2n) is 2.50. The summed E-state index contributed by atoms with van der Waals surface area (Å²) in [5, 5.41) is 0. The van der Waals surface area contributed by atoms with Crippen LogP contribution in [0.3, 0.4) is 0 Å². The first kappa shape index (κ1) is 11.7. The topological polar surface area (TPSA) is 26.3 Å². The highest BCUT2D eigenvalue weighted by atomic mass is 16.5. The Labute approximate surface area is 79.6 Å². The molecule has 0 atom stereocenters. The van der Waals surface area contributed by atoms with Gasteiger partial charge in [-0.3, -0.25) is 0 Å². The number of rotatable bonds is 4. The average Bonchev–Trinajstić information content (AvgIpc) is 2.12. The Morgan fingerprint density at radius 3 is 2.46 bits per heavy atom. The molecule has 2 heteroatoms. The van der Waals surface area contributed by atoms with Crippen LogP contribution in [0.2, 0.25) is 0 Å². The van der Waals surface area contributed by atoms with E-state index in [1.54, 1.807) is 13.0 Å². The molecule has 0 amide bonds. The van der Waals surface area contributed by atoms with Crippen LogP contribution in [-0.4, -0.2) is 12.6 Å². The van der Waals surface area contributed by atoms with E-state index in [9.17, 15) is 4.79 Å². The first-order valence-corrected chi connectivity index (χ1v) is 4.35. The van der Waals surface area contributed by atoms with Gasteiger partial charge in [-0.15, -0.1) is 0 Å². The lowest BCUT2D eigenvalue weighted by atomic mass is 10.2. The minimum Gasteiger partial charge on any atom is -0.463 e. The molecular formula is C11H16O2. The van der Waals surface area contributed by atoms with Crippen molar-refractivity contribution in [1.82, 2.24) is 0 Å². The molecule has 0 spiro atoms. The predicted molar refractivity (Wildman–Crippen MR) is 54.3 cm³/mol. The third-order valence-corrected chi connectivity index (χ3v) is 1.44.